The minimum Gasteiger partial charge on any atom is -0.485 e. The lowest BCUT2D eigenvalue weighted by atomic mass is 10.2. The third-order valence-electron chi connectivity index (χ3n) is 5.66. The van der Waals surface area contributed by atoms with E-state index in [4.69, 9.17) is 9.47 Å². The molecule has 1 N–H and O–H groups in total. The number of non-ortho nitro benzene ring substituents is 1. The van der Waals surface area contributed by atoms with Crippen LogP contribution in [0.2, 0.25) is 0 Å². The molecule has 0 aliphatic carbocycles. The summed E-state index contributed by atoms with van der Waals surface area (Å²) in [6.07, 6.45) is -0.689. The van der Waals surface area contributed by atoms with Crippen LogP contribution in [0.25, 0.3) is 0 Å². The van der Waals surface area contributed by atoms with Crippen LogP contribution in [0.1, 0.15) is 6.92 Å². The lowest BCUT2D eigenvalue weighted by Gasteiger charge is -2.39. The molecule has 0 bridgehead atoms. The molecule has 2 atom stereocenters. The molecule has 0 spiro atoms. The zero-order valence-corrected chi connectivity index (χ0v) is 17.6. The number of anilines is 1. The maximum absolute atomic E-state index is 12.9. The number of para-hydroxylation sites is 2. The van der Waals surface area contributed by atoms with E-state index < -0.39 is 17.1 Å². The molecule has 0 saturated carbocycles. The fourth-order valence-electron chi connectivity index (χ4n) is 3.78. The molecule has 168 valence electrons. The van der Waals surface area contributed by atoms with Gasteiger partial charge in [-0.2, -0.15) is 0 Å². The van der Waals surface area contributed by atoms with Crippen molar-refractivity contribution in [3.63, 3.8) is 0 Å². The van der Waals surface area contributed by atoms with Gasteiger partial charge in [-0.15, -0.1) is 0 Å². The Morgan fingerprint density at radius 1 is 1.09 bits per heavy atom. The Hall–Kier alpha value is -3.66. The molecular weight excluding hydrogens is 416 g/mol. The summed E-state index contributed by atoms with van der Waals surface area (Å²) in [7, 11) is 0. The molecule has 2 aromatic carbocycles. The van der Waals surface area contributed by atoms with Gasteiger partial charge in [0, 0.05) is 44.0 Å². The first-order valence-electron chi connectivity index (χ1n) is 10.4. The van der Waals surface area contributed by atoms with Crippen LogP contribution in [0.3, 0.4) is 0 Å². The van der Waals surface area contributed by atoms with Crippen molar-refractivity contribution in [1.29, 1.82) is 0 Å². The largest absolute Gasteiger partial charge is 0.485 e. The van der Waals surface area contributed by atoms with Gasteiger partial charge in [0.25, 0.3) is 11.6 Å². The number of nitrogens with one attached hydrogen (secondary N) is 1. The third-order valence-corrected chi connectivity index (χ3v) is 5.66. The Bertz CT molecular complexity index is 1020. The smallest absolute Gasteiger partial charge is 0.271 e. The Morgan fingerprint density at radius 3 is 2.53 bits per heavy atom. The summed E-state index contributed by atoms with van der Waals surface area (Å²) in [4.78, 5) is 39.6. The van der Waals surface area contributed by atoms with E-state index in [0.29, 0.717) is 43.4 Å². The minimum absolute atomic E-state index is 0.0842. The van der Waals surface area contributed by atoms with E-state index in [2.05, 4.69) is 5.32 Å². The first-order chi connectivity index (χ1) is 15.4. The van der Waals surface area contributed by atoms with Crippen LogP contribution in [0.15, 0.2) is 48.5 Å². The highest BCUT2D eigenvalue weighted by Gasteiger charge is 2.34. The van der Waals surface area contributed by atoms with Gasteiger partial charge in [0.2, 0.25) is 12.0 Å². The molecule has 0 radical (unpaired) electrons. The summed E-state index contributed by atoms with van der Waals surface area (Å²) in [5, 5.41) is 13.6. The quantitative estimate of drug-likeness (QED) is 0.558. The SMILES string of the molecule is C[C@@H](C(=O)Nc1cccc([N+](=O)[O-])c1)N1CCN(C(=O)[C@H]2COc3ccccc3O2)CC1. The van der Waals surface area contributed by atoms with Gasteiger partial charge in [0.1, 0.15) is 6.61 Å². The van der Waals surface area contributed by atoms with Gasteiger partial charge in [0.15, 0.2) is 11.5 Å². The number of nitro benzene ring substituents is 1. The second-order valence-corrected chi connectivity index (χ2v) is 7.70. The van der Waals surface area contributed by atoms with Crippen molar-refractivity contribution in [3.8, 4) is 11.5 Å². The molecular formula is C22H24N4O6. The number of nitrogens with zero attached hydrogens (tertiary/aromatic N) is 3. The van der Waals surface area contributed by atoms with Crippen LogP contribution < -0.4 is 14.8 Å². The molecule has 32 heavy (non-hydrogen) atoms. The van der Waals surface area contributed by atoms with Gasteiger partial charge in [-0.25, -0.2) is 0 Å². The molecule has 2 heterocycles. The molecule has 2 amide bonds. The van der Waals surface area contributed by atoms with Crippen LogP contribution >= 0.6 is 0 Å². The second-order valence-electron chi connectivity index (χ2n) is 7.70. The van der Waals surface area contributed by atoms with Crippen molar-refractivity contribution >= 4 is 23.2 Å². The highest BCUT2D eigenvalue weighted by Crippen LogP contribution is 2.31. The van der Waals surface area contributed by atoms with E-state index >= 15 is 0 Å². The van der Waals surface area contributed by atoms with Crippen LogP contribution in [0.5, 0.6) is 11.5 Å². The third kappa shape index (κ3) is 4.65. The summed E-state index contributed by atoms with van der Waals surface area (Å²) < 4.78 is 11.5. The second kappa shape index (κ2) is 9.23. The summed E-state index contributed by atoms with van der Waals surface area (Å²) in [6.45, 7) is 3.93. The van der Waals surface area contributed by atoms with Crippen LogP contribution in [-0.2, 0) is 9.59 Å². The zero-order valence-electron chi connectivity index (χ0n) is 17.6. The van der Waals surface area contributed by atoms with Crippen LogP contribution in [0, 0.1) is 10.1 Å². The Labute approximate surface area is 184 Å². The van der Waals surface area contributed by atoms with E-state index in [1.165, 1.54) is 18.2 Å². The van der Waals surface area contributed by atoms with E-state index in [1.54, 1.807) is 30.0 Å². The van der Waals surface area contributed by atoms with E-state index in [-0.39, 0.29) is 24.1 Å². The molecule has 10 nitrogen and oxygen atoms in total. The number of amides is 2. The Kier molecular flexibility index (Phi) is 6.22. The number of piperazine rings is 1. The molecule has 1 saturated heterocycles. The van der Waals surface area contributed by atoms with Gasteiger partial charge in [-0.05, 0) is 25.1 Å². The number of ether oxygens (including phenoxy) is 2. The van der Waals surface area contributed by atoms with E-state index in [0.717, 1.165) is 0 Å². The minimum atomic E-state index is -0.689. The summed E-state index contributed by atoms with van der Waals surface area (Å²) >= 11 is 0. The Balaban J connectivity index is 1.29. The number of rotatable bonds is 5. The van der Waals surface area contributed by atoms with Gasteiger partial charge in [0.05, 0.1) is 11.0 Å². The fourth-order valence-corrected chi connectivity index (χ4v) is 3.78. The van der Waals surface area contributed by atoms with Crippen molar-refractivity contribution in [3.05, 3.63) is 58.6 Å². The molecule has 2 aliphatic heterocycles. The summed E-state index contributed by atoms with van der Waals surface area (Å²) in [6, 6.07) is 12.6. The number of nitro groups is 1. The maximum Gasteiger partial charge on any atom is 0.271 e. The van der Waals surface area contributed by atoms with Crippen molar-refractivity contribution in [2.75, 3.05) is 38.1 Å². The van der Waals surface area contributed by atoms with Gasteiger partial charge >= 0.3 is 0 Å². The Morgan fingerprint density at radius 2 is 1.81 bits per heavy atom. The highest BCUT2D eigenvalue weighted by atomic mass is 16.6. The van der Waals surface area contributed by atoms with Crippen molar-refractivity contribution in [2.45, 2.75) is 19.1 Å². The number of carbonyl (C=O) groups excluding carboxylic acids is 2. The molecule has 0 aromatic heterocycles. The molecule has 2 aromatic rings. The fraction of sp³-hybridized carbons (Fsp3) is 0.364. The maximum atomic E-state index is 12.9. The van der Waals surface area contributed by atoms with Crippen molar-refractivity contribution < 1.29 is 24.0 Å². The number of benzene rings is 2. The highest BCUT2D eigenvalue weighted by molar-refractivity contribution is 5.94. The summed E-state index contributed by atoms with van der Waals surface area (Å²) in [5.41, 5.74) is 0.290. The van der Waals surface area contributed by atoms with E-state index in [1.807, 2.05) is 17.0 Å². The van der Waals surface area contributed by atoms with Crippen molar-refractivity contribution in [2.24, 2.45) is 0 Å². The number of hydrogen-bond acceptors (Lipinski definition) is 7. The molecule has 2 aliphatic rings. The monoisotopic (exact) mass is 440 g/mol. The average Bonchev–Trinajstić information content (AvgIpc) is 2.83. The van der Waals surface area contributed by atoms with Crippen LogP contribution in [0.4, 0.5) is 11.4 Å². The number of carbonyl (C=O) groups is 2. The average molecular weight is 440 g/mol. The van der Waals surface area contributed by atoms with E-state index in [9.17, 15) is 19.7 Å². The summed E-state index contributed by atoms with van der Waals surface area (Å²) in [5.74, 6) is 0.797. The van der Waals surface area contributed by atoms with Crippen molar-refractivity contribution in [1.82, 2.24) is 9.80 Å². The number of hydrogen-bond donors (Lipinski definition) is 1. The first kappa shape index (κ1) is 21.6. The molecule has 10 heteroatoms. The first-order valence-corrected chi connectivity index (χ1v) is 10.4. The lowest BCUT2D eigenvalue weighted by molar-refractivity contribution is -0.384. The zero-order chi connectivity index (χ0) is 22.7. The molecule has 4 rings (SSSR count). The standard InChI is InChI=1S/C22H24N4O6/c1-15(21(27)23-16-5-4-6-17(13-16)26(29)30)24-9-11-25(12-10-24)22(28)20-14-31-18-7-2-3-8-19(18)32-20/h2-8,13,15,20H,9-12,14H2,1H3,(H,23,27)/t15-,20+/m0/s1. The predicted molar refractivity (Wildman–Crippen MR) is 116 cm³/mol. The van der Waals surface area contributed by atoms with Gasteiger partial charge in [-0.3, -0.25) is 24.6 Å². The molecule has 0 unspecified atom stereocenters. The lowest BCUT2D eigenvalue weighted by Crippen LogP contribution is -2.57. The van der Waals surface area contributed by atoms with Crippen LogP contribution in [-0.4, -0.2) is 71.5 Å². The predicted octanol–water partition coefficient (Wildman–Crippen LogP) is 1.91. The van der Waals surface area contributed by atoms with Gasteiger partial charge < -0.3 is 19.7 Å². The number of fused-ring (bicyclic) bond motifs is 1. The van der Waals surface area contributed by atoms with Gasteiger partial charge in [-0.1, -0.05) is 18.2 Å². The normalized spacial score (nSPS) is 19.2. The topological polar surface area (TPSA) is 114 Å². The molecule has 1 fully saturated rings.